The lowest BCUT2D eigenvalue weighted by molar-refractivity contribution is 0.323. The molecule has 0 amide bonds. The van der Waals surface area contributed by atoms with Crippen molar-refractivity contribution in [3.05, 3.63) is 12.5 Å². The van der Waals surface area contributed by atoms with E-state index >= 15 is 0 Å². The van der Waals surface area contributed by atoms with Crippen LogP contribution >= 0.6 is 0 Å². The Hall–Kier alpha value is -0.920. The Morgan fingerprint density at radius 3 is 2.89 bits per heavy atom. The standard InChI is InChI=1S/C12H22N4O2S/c1-3-16-8-12(14-9-16)19(17,18)15-7-11-5-4-10(2)13-6-11/h8-11,13,15H,3-7H2,1-2H3. The monoisotopic (exact) mass is 286 g/mol. The Morgan fingerprint density at radius 2 is 2.32 bits per heavy atom. The maximum absolute atomic E-state index is 12.1. The molecule has 0 saturated carbocycles. The van der Waals surface area contributed by atoms with Crippen molar-refractivity contribution in [1.82, 2.24) is 19.6 Å². The molecule has 2 heterocycles. The molecule has 108 valence electrons. The van der Waals surface area contributed by atoms with Crippen LogP contribution < -0.4 is 10.0 Å². The van der Waals surface area contributed by atoms with Crippen molar-refractivity contribution in [1.29, 1.82) is 0 Å². The predicted octanol–water partition coefficient (Wildman–Crippen LogP) is 0.569. The normalized spacial score (nSPS) is 24.5. The summed E-state index contributed by atoms with van der Waals surface area (Å²) in [7, 11) is -3.47. The summed E-state index contributed by atoms with van der Waals surface area (Å²) in [6, 6.07) is 0.535. The first-order valence-electron chi connectivity index (χ1n) is 6.76. The molecule has 2 rings (SSSR count). The van der Waals surface area contributed by atoms with E-state index < -0.39 is 10.0 Å². The fourth-order valence-electron chi connectivity index (χ4n) is 2.18. The summed E-state index contributed by atoms with van der Waals surface area (Å²) in [5.74, 6) is 0.360. The summed E-state index contributed by atoms with van der Waals surface area (Å²) in [6.45, 7) is 6.15. The van der Waals surface area contributed by atoms with Crippen molar-refractivity contribution in [3.8, 4) is 0 Å². The summed E-state index contributed by atoms with van der Waals surface area (Å²) in [6.07, 6.45) is 5.25. The quantitative estimate of drug-likeness (QED) is 0.830. The van der Waals surface area contributed by atoms with Gasteiger partial charge in [0, 0.05) is 25.3 Å². The Kier molecular flexibility index (Phi) is 4.59. The summed E-state index contributed by atoms with van der Waals surface area (Å²) in [5.41, 5.74) is 0. The van der Waals surface area contributed by atoms with Crippen LogP contribution in [0, 0.1) is 5.92 Å². The van der Waals surface area contributed by atoms with Gasteiger partial charge in [0.1, 0.15) is 0 Å². The molecule has 0 aliphatic carbocycles. The number of aromatic nitrogens is 2. The number of nitrogens with one attached hydrogen (secondary N) is 2. The summed E-state index contributed by atoms with van der Waals surface area (Å²) >= 11 is 0. The summed E-state index contributed by atoms with van der Waals surface area (Å²) < 4.78 is 28.5. The van der Waals surface area contributed by atoms with Gasteiger partial charge in [-0.15, -0.1) is 0 Å². The Morgan fingerprint density at radius 1 is 1.53 bits per heavy atom. The first-order valence-corrected chi connectivity index (χ1v) is 8.24. The van der Waals surface area contributed by atoms with E-state index in [1.807, 2.05) is 6.92 Å². The van der Waals surface area contributed by atoms with E-state index in [-0.39, 0.29) is 5.03 Å². The number of aryl methyl sites for hydroxylation is 1. The lowest BCUT2D eigenvalue weighted by atomic mass is 9.96. The smallest absolute Gasteiger partial charge is 0.259 e. The number of hydrogen-bond acceptors (Lipinski definition) is 4. The molecule has 1 aliphatic rings. The zero-order valence-corrected chi connectivity index (χ0v) is 12.3. The molecule has 1 fully saturated rings. The predicted molar refractivity (Wildman–Crippen MR) is 73.3 cm³/mol. The van der Waals surface area contributed by atoms with Gasteiger partial charge >= 0.3 is 0 Å². The van der Waals surface area contributed by atoms with Crippen LogP contribution in [0.25, 0.3) is 0 Å². The van der Waals surface area contributed by atoms with E-state index in [9.17, 15) is 8.42 Å². The second-order valence-electron chi connectivity index (χ2n) is 5.15. The highest BCUT2D eigenvalue weighted by atomic mass is 32.2. The number of piperidine rings is 1. The van der Waals surface area contributed by atoms with Crippen molar-refractivity contribution in [2.75, 3.05) is 13.1 Å². The van der Waals surface area contributed by atoms with Gasteiger partial charge in [-0.05, 0) is 39.2 Å². The van der Waals surface area contributed by atoms with Gasteiger partial charge in [-0.2, -0.15) is 0 Å². The van der Waals surface area contributed by atoms with E-state index in [0.29, 0.717) is 25.0 Å². The molecule has 0 radical (unpaired) electrons. The summed E-state index contributed by atoms with van der Waals surface area (Å²) in [5, 5.41) is 3.47. The van der Waals surface area contributed by atoms with Crippen LogP contribution in [0.3, 0.4) is 0 Å². The van der Waals surface area contributed by atoms with E-state index in [1.54, 1.807) is 17.1 Å². The molecule has 0 spiro atoms. The molecule has 2 N–H and O–H groups in total. The lowest BCUT2D eigenvalue weighted by Gasteiger charge is -2.27. The lowest BCUT2D eigenvalue weighted by Crippen LogP contribution is -2.41. The van der Waals surface area contributed by atoms with Gasteiger partial charge in [-0.1, -0.05) is 0 Å². The third kappa shape index (κ3) is 3.77. The van der Waals surface area contributed by atoms with Gasteiger partial charge in [-0.25, -0.2) is 18.1 Å². The van der Waals surface area contributed by atoms with Crippen LogP contribution in [0.5, 0.6) is 0 Å². The van der Waals surface area contributed by atoms with E-state index in [0.717, 1.165) is 19.4 Å². The molecule has 7 heteroatoms. The summed E-state index contributed by atoms with van der Waals surface area (Å²) in [4.78, 5) is 3.93. The molecule has 1 saturated heterocycles. The van der Waals surface area contributed by atoms with Crippen molar-refractivity contribution < 1.29 is 8.42 Å². The fraction of sp³-hybridized carbons (Fsp3) is 0.750. The SMILES string of the molecule is CCn1cnc(S(=O)(=O)NCC2CCC(C)NC2)c1. The molecular formula is C12H22N4O2S. The van der Waals surface area contributed by atoms with Crippen LogP contribution in [-0.4, -0.2) is 37.1 Å². The highest BCUT2D eigenvalue weighted by Crippen LogP contribution is 2.14. The third-order valence-electron chi connectivity index (χ3n) is 3.57. The highest BCUT2D eigenvalue weighted by molar-refractivity contribution is 7.89. The van der Waals surface area contributed by atoms with Gasteiger partial charge in [0.05, 0.1) is 6.33 Å². The van der Waals surface area contributed by atoms with Crippen molar-refractivity contribution >= 4 is 10.0 Å². The molecule has 1 aliphatic heterocycles. The van der Waals surface area contributed by atoms with Crippen LogP contribution in [0.1, 0.15) is 26.7 Å². The van der Waals surface area contributed by atoms with Crippen LogP contribution in [0.2, 0.25) is 0 Å². The van der Waals surface area contributed by atoms with Crippen molar-refractivity contribution in [3.63, 3.8) is 0 Å². The van der Waals surface area contributed by atoms with Gasteiger partial charge in [0.2, 0.25) is 0 Å². The topological polar surface area (TPSA) is 76.0 Å². The largest absolute Gasteiger partial charge is 0.336 e. The molecule has 1 aromatic rings. The Bertz CT molecular complexity index is 504. The van der Waals surface area contributed by atoms with E-state index in [2.05, 4.69) is 21.9 Å². The first kappa shape index (κ1) is 14.5. The average molecular weight is 286 g/mol. The maximum atomic E-state index is 12.1. The van der Waals surface area contributed by atoms with Gasteiger partial charge in [-0.3, -0.25) is 0 Å². The van der Waals surface area contributed by atoms with Crippen LogP contribution in [0.15, 0.2) is 17.6 Å². The third-order valence-corrected chi connectivity index (χ3v) is 4.88. The second kappa shape index (κ2) is 6.02. The zero-order chi connectivity index (χ0) is 13.9. The second-order valence-corrected chi connectivity index (χ2v) is 6.86. The van der Waals surface area contributed by atoms with Crippen LogP contribution in [-0.2, 0) is 16.6 Å². The average Bonchev–Trinajstić information content (AvgIpc) is 2.88. The minimum absolute atomic E-state index is 0.103. The minimum atomic E-state index is -3.47. The number of imidazole rings is 1. The number of nitrogens with zero attached hydrogens (tertiary/aromatic N) is 2. The van der Waals surface area contributed by atoms with Gasteiger partial charge < -0.3 is 9.88 Å². The molecule has 0 aromatic carbocycles. The van der Waals surface area contributed by atoms with Crippen molar-refractivity contribution in [2.45, 2.75) is 44.3 Å². The van der Waals surface area contributed by atoms with E-state index in [1.165, 1.54) is 0 Å². The van der Waals surface area contributed by atoms with Crippen molar-refractivity contribution in [2.24, 2.45) is 5.92 Å². The minimum Gasteiger partial charge on any atom is -0.336 e. The number of rotatable bonds is 5. The van der Waals surface area contributed by atoms with E-state index in [4.69, 9.17) is 0 Å². The number of sulfonamides is 1. The van der Waals surface area contributed by atoms with Crippen LogP contribution in [0.4, 0.5) is 0 Å². The number of hydrogen-bond donors (Lipinski definition) is 2. The molecule has 19 heavy (non-hydrogen) atoms. The Balaban J connectivity index is 1.90. The molecule has 6 nitrogen and oxygen atoms in total. The Labute approximate surface area is 114 Å². The first-order chi connectivity index (χ1) is 9.01. The highest BCUT2D eigenvalue weighted by Gasteiger charge is 2.22. The van der Waals surface area contributed by atoms with Gasteiger partial charge in [0.15, 0.2) is 5.03 Å². The molecular weight excluding hydrogens is 264 g/mol. The maximum Gasteiger partial charge on any atom is 0.259 e. The molecule has 0 bridgehead atoms. The molecule has 2 atom stereocenters. The molecule has 2 unspecified atom stereocenters. The zero-order valence-electron chi connectivity index (χ0n) is 11.5. The molecule has 1 aromatic heterocycles. The van der Waals surface area contributed by atoms with Gasteiger partial charge in [0.25, 0.3) is 10.0 Å². The fourth-order valence-corrected chi connectivity index (χ4v) is 3.25.